The lowest BCUT2D eigenvalue weighted by molar-refractivity contribution is 0.0933. The molecule has 0 radical (unpaired) electrons. The third kappa shape index (κ3) is 2.75. The number of nitrogen functional groups attached to an aromatic ring is 1. The summed E-state index contributed by atoms with van der Waals surface area (Å²) in [4.78, 5) is 26.3. The number of amides is 1. The topological polar surface area (TPSA) is 93.8 Å². The fraction of sp³-hybridized carbons (Fsp3) is 0.250. The van der Waals surface area contributed by atoms with Gasteiger partial charge in [0.15, 0.2) is 5.13 Å². The van der Waals surface area contributed by atoms with Gasteiger partial charge in [-0.3, -0.25) is 14.8 Å². The summed E-state index contributed by atoms with van der Waals surface area (Å²) in [5, 5.41) is 4.61. The fourth-order valence-electron chi connectivity index (χ4n) is 2.88. The van der Waals surface area contributed by atoms with Crippen LogP contribution >= 0.6 is 11.3 Å². The molecule has 7 heteroatoms. The van der Waals surface area contributed by atoms with E-state index in [-0.39, 0.29) is 11.9 Å². The second kappa shape index (κ2) is 5.58. The molecule has 0 spiro atoms. The first-order valence-corrected chi connectivity index (χ1v) is 8.25. The van der Waals surface area contributed by atoms with Crippen molar-refractivity contribution < 1.29 is 4.79 Å². The van der Waals surface area contributed by atoms with E-state index in [4.69, 9.17) is 5.73 Å². The van der Waals surface area contributed by atoms with Gasteiger partial charge in [-0.05, 0) is 25.0 Å². The Kier molecular flexibility index (Phi) is 3.42. The van der Waals surface area contributed by atoms with Gasteiger partial charge in [-0.25, -0.2) is 4.98 Å². The average Bonchev–Trinajstić information content (AvgIpc) is 2.93. The number of carbonyl (C=O) groups excluding carboxylic acids is 1. The number of aromatic nitrogens is 3. The van der Waals surface area contributed by atoms with Crippen LogP contribution in [0, 0.1) is 0 Å². The van der Waals surface area contributed by atoms with Gasteiger partial charge in [-0.2, -0.15) is 0 Å². The summed E-state index contributed by atoms with van der Waals surface area (Å²) < 4.78 is 0. The number of rotatable bonds is 2. The number of hydrogen-bond acceptors (Lipinski definition) is 6. The lowest BCUT2D eigenvalue weighted by Gasteiger charge is -2.22. The Morgan fingerprint density at radius 1 is 1.39 bits per heavy atom. The van der Waals surface area contributed by atoms with E-state index in [2.05, 4.69) is 20.3 Å². The number of anilines is 1. The van der Waals surface area contributed by atoms with E-state index < -0.39 is 0 Å². The Morgan fingerprint density at radius 3 is 3.22 bits per heavy atom. The zero-order valence-corrected chi connectivity index (χ0v) is 13.1. The molecule has 0 aromatic carbocycles. The highest BCUT2D eigenvalue weighted by Crippen LogP contribution is 2.28. The van der Waals surface area contributed by atoms with Gasteiger partial charge >= 0.3 is 0 Å². The first-order valence-electron chi connectivity index (χ1n) is 7.44. The van der Waals surface area contributed by atoms with Crippen LogP contribution in [0.1, 0.15) is 27.3 Å². The highest BCUT2D eigenvalue weighted by Gasteiger charge is 2.23. The minimum absolute atomic E-state index is 0.0952. The minimum atomic E-state index is -0.0952. The number of nitrogens with one attached hydrogen (secondary N) is 1. The van der Waals surface area contributed by atoms with E-state index in [1.54, 1.807) is 18.6 Å². The molecule has 3 aromatic rings. The van der Waals surface area contributed by atoms with Crippen molar-refractivity contribution in [2.75, 3.05) is 5.73 Å². The van der Waals surface area contributed by atoms with Gasteiger partial charge in [0.1, 0.15) is 0 Å². The number of aryl methyl sites for hydroxylation is 1. The standard InChI is InChI=1S/C16H15N5OS/c17-16-21-12-2-1-11(6-14(12)23-16)20-15(22)10-5-9-3-4-18-8-13(9)19-7-10/h3-5,7-8,11H,1-2,6H2,(H2,17,21)(H,20,22)/t11-/m0/s1. The van der Waals surface area contributed by atoms with Crippen LogP contribution in [-0.4, -0.2) is 26.9 Å². The number of nitrogens with two attached hydrogens (primary N) is 1. The summed E-state index contributed by atoms with van der Waals surface area (Å²) in [5.74, 6) is -0.0952. The molecule has 116 valence electrons. The van der Waals surface area contributed by atoms with Crippen molar-refractivity contribution in [1.82, 2.24) is 20.3 Å². The third-order valence-electron chi connectivity index (χ3n) is 4.04. The molecule has 23 heavy (non-hydrogen) atoms. The zero-order valence-electron chi connectivity index (χ0n) is 12.3. The Bertz CT molecular complexity index is 891. The first-order chi connectivity index (χ1) is 11.2. The molecule has 1 aliphatic rings. The van der Waals surface area contributed by atoms with Crippen LogP contribution in [0.15, 0.2) is 30.7 Å². The summed E-state index contributed by atoms with van der Waals surface area (Å²) in [5.41, 5.74) is 8.19. The second-order valence-corrected chi connectivity index (χ2v) is 6.74. The monoisotopic (exact) mass is 325 g/mol. The van der Waals surface area contributed by atoms with Gasteiger partial charge in [0, 0.05) is 35.1 Å². The van der Waals surface area contributed by atoms with E-state index in [9.17, 15) is 4.79 Å². The molecule has 0 saturated carbocycles. The minimum Gasteiger partial charge on any atom is -0.375 e. The Labute approximate surface area is 136 Å². The van der Waals surface area contributed by atoms with Crippen LogP contribution in [0.4, 0.5) is 5.13 Å². The SMILES string of the molecule is Nc1nc2c(s1)C[C@@H](NC(=O)c1cnc3cnccc3c1)CC2. The third-order valence-corrected chi connectivity index (χ3v) is 4.99. The fourth-order valence-corrected chi connectivity index (χ4v) is 3.84. The molecule has 3 N–H and O–H groups in total. The molecule has 0 saturated heterocycles. The van der Waals surface area contributed by atoms with Crippen LogP contribution in [0.3, 0.4) is 0 Å². The van der Waals surface area contributed by atoms with Crippen molar-refractivity contribution in [3.05, 3.63) is 46.9 Å². The molecule has 1 aliphatic carbocycles. The van der Waals surface area contributed by atoms with Crippen LogP contribution < -0.4 is 11.1 Å². The molecule has 1 amide bonds. The zero-order chi connectivity index (χ0) is 15.8. The molecule has 1 atom stereocenters. The molecule has 4 rings (SSSR count). The summed E-state index contributed by atoms with van der Waals surface area (Å²) in [6, 6.07) is 3.81. The molecular weight excluding hydrogens is 310 g/mol. The van der Waals surface area contributed by atoms with Crippen molar-refractivity contribution >= 4 is 33.3 Å². The average molecular weight is 325 g/mol. The largest absolute Gasteiger partial charge is 0.375 e. The first kappa shape index (κ1) is 14.1. The Balaban J connectivity index is 1.51. The van der Waals surface area contributed by atoms with E-state index in [1.807, 2.05) is 12.1 Å². The maximum absolute atomic E-state index is 12.5. The van der Waals surface area contributed by atoms with E-state index in [0.717, 1.165) is 35.9 Å². The predicted octanol–water partition coefficient (Wildman–Crippen LogP) is 1.96. The summed E-state index contributed by atoms with van der Waals surface area (Å²) in [7, 11) is 0. The van der Waals surface area contributed by atoms with Crippen molar-refractivity contribution in [1.29, 1.82) is 0 Å². The van der Waals surface area contributed by atoms with Gasteiger partial charge in [0.25, 0.3) is 5.91 Å². The molecule has 3 aromatic heterocycles. The second-order valence-electron chi connectivity index (χ2n) is 5.63. The van der Waals surface area contributed by atoms with Gasteiger partial charge in [-0.15, -0.1) is 11.3 Å². The van der Waals surface area contributed by atoms with E-state index in [0.29, 0.717) is 10.7 Å². The highest BCUT2D eigenvalue weighted by molar-refractivity contribution is 7.15. The maximum Gasteiger partial charge on any atom is 0.253 e. The van der Waals surface area contributed by atoms with E-state index in [1.165, 1.54) is 16.2 Å². The van der Waals surface area contributed by atoms with E-state index >= 15 is 0 Å². The lowest BCUT2D eigenvalue weighted by Crippen LogP contribution is -2.38. The number of nitrogens with zero attached hydrogens (tertiary/aromatic N) is 3. The normalized spacial score (nSPS) is 17.0. The smallest absolute Gasteiger partial charge is 0.253 e. The summed E-state index contributed by atoms with van der Waals surface area (Å²) in [6.07, 6.45) is 7.51. The number of fused-ring (bicyclic) bond motifs is 2. The van der Waals surface area contributed by atoms with Crippen LogP contribution in [0.2, 0.25) is 0 Å². The molecule has 3 heterocycles. The molecule has 0 unspecified atom stereocenters. The Hall–Kier alpha value is -2.54. The molecular formula is C16H15N5OS. The summed E-state index contributed by atoms with van der Waals surface area (Å²) in [6.45, 7) is 0. The van der Waals surface area contributed by atoms with Gasteiger partial charge in [0.2, 0.25) is 0 Å². The molecule has 6 nitrogen and oxygen atoms in total. The van der Waals surface area contributed by atoms with Crippen molar-refractivity contribution in [3.8, 4) is 0 Å². The van der Waals surface area contributed by atoms with Gasteiger partial charge in [0.05, 0.1) is 23.0 Å². The van der Waals surface area contributed by atoms with Crippen LogP contribution in [0.5, 0.6) is 0 Å². The predicted molar refractivity (Wildman–Crippen MR) is 89.3 cm³/mol. The number of thiazole rings is 1. The van der Waals surface area contributed by atoms with Gasteiger partial charge in [-0.1, -0.05) is 0 Å². The van der Waals surface area contributed by atoms with Gasteiger partial charge < -0.3 is 11.1 Å². The number of carbonyl (C=O) groups is 1. The quantitative estimate of drug-likeness (QED) is 0.751. The number of hydrogen-bond donors (Lipinski definition) is 2. The lowest BCUT2D eigenvalue weighted by atomic mass is 9.97. The molecule has 0 aliphatic heterocycles. The molecule has 0 bridgehead atoms. The van der Waals surface area contributed by atoms with Crippen molar-refractivity contribution in [2.45, 2.75) is 25.3 Å². The number of pyridine rings is 2. The van der Waals surface area contributed by atoms with Crippen LogP contribution in [0.25, 0.3) is 10.9 Å². The maximum atomic E-state index is 12.5. The van der Waals surface area contributed by atoms with Crippen LogP contribution in [-0.2, 0) is 12.8 Å². The Morgan fingerprint density at radius 2 is 2.30 bits per heavy atom. The van der Waals surface area contributed by atoms with Crippen molar-refractivity contribution in [2.24, 2.45) is 0 Å². The van der Waals surface area contributed by atoms with Crippen molar-refractivity contribution in [3.63, 3.8) is 0 Å². The summed E-state index contributed by atoms with van der Waals surface area (Å²) >= 11 is 1.51. The molecule has 0 fully saturated rings. The highest BCUT2D eigenvalue weighted by atomic mass is 32.1.